The molecule has 3 aromatic rings. The summed E-state index contributed by atoms with van der Waals surface area (Å²) < 4.78 is 56.0. The number of carbonyl (C=O) groups excluding carboxylic acids is 1. The van der Waals surface area contributed by atoms with Crippen molar-refractivity contribution < 1.29 is 27.1 Å². The lowest BCUT2D eigenvalue weighted by Gasteiger charge is -2.31. The first kappa shape index (κ1) is 33.0. The van der Waals surface area contributed by atoms with E-state index < -0.39 is 33.7 Å². The molecule has 0 saturated heterocycles. The third-order valence-corrected chi connectivity index (χ3v) is 8.70. The van der Waals surface area contributed by atoms with Gasteiger partial charge in [0.05, 0.1) is 18.0 Å². The van der Waals surface area contributed by atoms with E-state index in [1.807, 2.05) is 44.2 Å². The largest absolute Gasteiger partial charge is 0.399 e. The van der Waals surface area contributed by atoms with Crippen LogP contribution in [0.3, 0.4) is 0 Å². The Kier molecular flexibility index (Phi) is 12.3. The lowest BCUT2D eigenvalue weighted by Crippen LogP contribution is -2.44. The van der Waals surface area contributed by atoms with Gasteiger partial charge in [0.1, 0.15) is 11.6 Å². The number of halogens is 2. The Labute approximate surface area is 247 Å². The van der Waals surface area contributed by atoms with Crippen molar-refractivity contribution in [3.8, 4) is 0 Å². The summed E-state index contributed by atoms with van der Waals surface area (Å²) in [5, 5.41) is 13.0. The molecule has 42 heavy (non-hydrogen) atoms. The van der Waals surface area contributed by atoms with Crippen LogP contribution in [0.25, 0.3) is 0 Å². The minimum absolute atomic E-state index is 0.0310. The number of nitrogen functional groups attached to an aromatic ring is 1. The van der Waals surface area contributed by atoms with E-state index in [2.05, 4.69) is 5.32 Å². The average molecular weight is 603 g/mol. The Bertz CT molecular complexity index is 1390. The standard InChI is InChI=1S/C31H40F2N4O4S/c1-23(2)19-37(42(40,41)29-15-13-27(34)14-16-29)28(22-38)10-6-7-17-35-31(39)36(20-24-8-4-3-5-9-24)21-25-11-12-26(32)18-30(25)33/h3-5,8-9,11-16,18,23,28,38H,6-7,10,17,19-22,34H2,1-2H3,(H,35,39)/t28-/m0/s1. The minimum Gasteiger partial charge on any atom is -0.399 e. The van der Waals surface area contributed by atoms with Gasteiger partial charge in [-0.2, -0.15) is 4.31 Å². The van der Waals surface area contributed by atoms with E-state index in [0.717, 1.165) is 17.7 Å². The van der Waals surface area contributed by atoms with Gasteiger partial charge in [0.25, 0.3) is 0 Å². The molecule has 11 heteroatoms. The van der Waals surface area contributed by atoms with Crippen molar-refractivity contribution in [1.29, 1.82) is 0 Å². The summed E-state index contributed by atoms with van der Waals surface area (Å²) in [6.07, 6.45) is 1.47. The molecule has 8 nitrogen and oxygen atoms in total. The Morgan fingerprint density at radius 2 is 1.67 bits per heavy atom. The van der Waals surface area contributed by atoms with Crippen molar-refractivity contribution in [3.05, 3.63) is 95.6 Å². The zero-order chi connectivity index (χ0) is 30.7. The number of hydrogen-bond donors (Lipinski definition) is 3. The number of anilines is 1. The molecule has 0 bridgehead atoms. The molecule has 0 radical (unpaired) electrons. The number of nitrogens with one attached hydrogen (secondary N) is 1. The molecule has 0 saturated carbocycles. The van der Waals surface area contributed by atoms with Crippen molar-refractivity contribution in [3.63, 3.8) is 0 Å². The second kappa shape index (κ2) is 15.6. The fourth-order valence-electron chi connectivity index (χ4n) is 4.58. The van der Waals surface area contributed by atoms with E-state index in [0.29, 0.717) is 31.5 Å². The normalized spacial score (nSPS) is 12.5. The summed E-state index contributed by atoms with van der Waals surface area (Å²) in [5.41, 5.74) is 7.23. The van der Waals surface area contributed by atoms with Crippen molar-refractivity contribution in [2.45, 2.75) is 57.1 Å². The van der Waals surface area contributed by atoms with Gasteiger partial charge in [-0.05, 0) is 54.7 Å². The third kappa shape index (κ3) is 9.50. The van der Waals surface area contributed by atoms with Crippen LogP contribution in [0.2, 0.25) is 0 Å². The zero-order valence-corrected chi connectivity index (χ0v) is 24.9. The molecular weight excluding hydrogens is 562 g/mol. The number of carbonyl (C=O) groups is 1. The second-order valence-electron chi connectivity index (χ2n) is 10.7. The highest BCUT2D eigenvalue weighted by atomic mass is 32.2. The van der Waals surface area contributed by atoms with E-state index in [1.54, 1.807) is 0 Å². The van der Waals surface area contributed by atoms with Gasteiger partial charge in [-0.25, -0.2) is 22.0 Å². The van der Waals surface area contributed by atoms with Gasteiger partial charge in [0.15, 0.2) is 0 Å². The van der Waals surface area contributed by atoms with Gasteiger partial charge in [0.2, 0.25) is 10.0 Å². The van der Waals surface area contributed by atoms with Gasteiger partial charge in [-0.3, -0.25) is 0 Å². The molecule has 4 N–H and O–H groups in total. The number of amides is 2. The summed E-state index contributed by atoms with van der Waals surface area (Å²) in [7, 11) is -3.87. The SMILES string of the molecule is CC(C)CN([C@H](CO)CCCCNC(=O)N(Cc1ccccc1)Cc1ccc(F)cc1F)S(=O)(=O)c1ccc(N)cc1. The predicted molar refractivity (Wildman–Crippen MR) is 160 cm³/mol. The molecule has 3 rings (SSSR count). The van der Waals surface area contributed by atoms with Crippen LogP contribution >= 0.6 is 0 Å². The molecule has 0 aliphatic heterocycles. The first-order valence-corrected chi connectivity index (χ1v) is 15.4. The number of sulfonamides is 1. The van der Waals surface area contributed by atoms with E-state index in [9.17, 15) is 27.1 Å². The molecular formula is C31H40F2N4O4S. The Morgan fingerprint density at radius 3 is 2.29 bits per heavy atom. The van der Waals surface area contributed by atoms with E-state index in [1.165, 1.54) is 39.5 Å². The van der Waals surface area contributed by atoms with Crippen LogP contribution in [0.15, 0.2) is 77.7 Å². The first-order valence-electron chi connectivity index (χ1n) is 14.0. The molecule has 3 aromatic carbocycles. The Hall–Kier alpha value is -3.54. The molecule has 0 aliphatic carbocycles. The molecule has 1 atom stereocenters. The molecule has 0 unspecified atom stereocenters. The maximum absolute atomic E-state index is 14.4. The highest BCUT2D eigenvalue weighted by Gasteiger charge is 2.31. The molecule has 2 amide bonds. The van der Waals surface area contributed by atoms with Gasteiger partial charge >= 0.3 is 6.03 Å². The number of benzene rings is 3. The Morgan fingerprint density at radius 1 is 0.976 bits per heavy atom. The van der Waals surface area contributed by atoms with E-state index >= 15 is 0 Å². The van der Waals surface area contributed by atoms with Crippen molar-refractivity contribution >= 4 is 21.7 Å². The minimum atomic E-state index is -3.87. The number of rotatable bonds is 15. The molecule has 0 fully saturated rings. The maximum atomic E-state index is 14.4. The van der Waals surface area contributed by atoms with Gasteiger partial charge in [-0.1, -0.05) is 56.7 Å². The number of unbranched alkanes of at least 4 members (excludes halogenated alkanes) is 1. The average Bonchev–Trinajstić information content (AvgIpc) is 2.95. The maximum Gasteiger partial charge on any atom is 0.318 e. The smallest absolute Gasteiger partial charge is 0.318 e. The van der Waals surface area contributed by atoms with Crippen LogP contribution in [0.5, 0.6) is 0 Å². The lowest BCUT2D eigenvalue weighted by atomic mass is 10.1. The van der Waals surface area contributed by atoms with Gasteiger partial charge in [-0.15, -0.1) is 0 Å². The fourth-order valence-corrected chi connectivity index (χ4v) is 6.39. The summed E-state index contributed by atoms with van der Waals surface area (Å²) in [6.45, 7) is 4.19. The number of nitrogens with two attached hydrogens (primary N) is 1. The lowest BCUT2D eigenvalue weighted by molar-refractivity contribution is 0.167. The monoisotopic (exact) mass is 602 g/mol. The van der Waals surface area contributed by atoms with Crippen LogP contribution < -0.4 is 11.1 Å². The van der Waals surface area contributed by atoms with Crippen LogP contribution in [-0.2, 0) is 23.1 Å². The van der Waals surface area contributed by atoms with Crippen LogP contribution in [0, 0.1) is 17.6 Å². The predicted octanol–water partition coefficient (Wildman–Crippen LogP) is 5.14. The van der Waals surface area contributed by atoms with E-state index in [-0.39, 0.29) is 42.6 Å². The Balaban J connectivity index is 1.61. The molecule has 0 heterocycles. The highest BCUT2D eigenvalue weighted by molar-refractivity contribution is 7.89. The van der Waals surface area contributed by atoms with Crippen molar-refractivity contribution in [2.75, 3.05) is 25.4 Å². The highest BCUT2D eigenvalue weighted by Crippen LogP contribution is 2.23. The number of nitrogens with zero attached hydrogens (tertiary/aromatic N) is 2. The molecule has 0 aliphatic rings. The summed E-state index contributed by atoms with van der Waals surface area (Å²) in [4.78, 5) is 14.7. The van der Waals surface area contributed by atoms with Crippen LogP contribution in [0.4, 0.5) is 19.3 Å². The number of aliphatic hydroxyl groups is 1. The van der Waals surface area contributed by atoms with Crippen LogP contribution in [-0.4, -0.2) is 54.5 Å². The quantitative estimate of drug-likeness (QED) is 0.165. The summed E-state index contributed by atoms with van der Waals surface area (Å²) in [6, 6.07) is 17.5. The van der Waals surface area contributed by atoms with Gasteiger partial charge < -0.3 is 21.1 Å². The zero-order valence-electron chi connectivity index (χ0n) is 24.0. The van der Waals surface area contributed by atoms with Crippen LogP contribution in [0.1, 0.15) is 44.2 Å². The molecule has 0 spiro atoms. The number of urea groups is 1. The topological polar surface area (TPSA) is 116 Å². The van der Waals surface area contributed by atoms with Crippen molar-refractivity contribution in [2.24, 2.45) is 5.92 Å². The number of hydrogen-bond acceptors (Lipinski definition) is 5. The van der Waals surface area contributed by atoms with Gasteiger partial charge in [0, 0.05) is 43.0 Å². The molecule has 228 valence electrons. The number of aliphatic hydroxyl groups excluding tert-OH is 1. The first-order chi connectivity index (χ1) is 20.0. The third-order valence-electron chi connectivity index (χ3n) is 6.77. The van der Waals surface area contributed by atoms with E-state index in [4.69, 9.17) is 5.73 Å². The summed E-state index contributed by atoms with van der Waals surface area (Å²) in [5.74, 6) is -1.39. The fraction of sp³-hybridized carbons (Fsp3) is 0.387. The molecule has 0 aromatic heterocycles. The second-order valence-corrected chi connectivity index (χ2v) is 12.6. The summed E-state index contributed by atoms with van der Waals surface area (Å²) >= 11 is 0. The van der Waals surface area contributed by atoms with Crippen molar-refractivity contribution in [1.82, 2.24) is 14.5 Å².